The Labute approximate surface area is 135 Å². The Kier molecular flexibility index (Phi) is 5.57. The average molecular weight is 347 g/mol. The van der Waals surface area contributed by atoms with Crippen molar-refractivity contribution in [2.24, 2.45) is 5.84 Å². The van der Waals surface area contributed by atoms with Crippen molar-refractivity contribution in [3.63, 3.8) is 0 Å². The van der Waals surface area contributed by atoms with Crippen molar-refractivity contribution in [2.45, 2.75) is 39.7 Å². The van der Waals surface area contributed by atoms with Crippen LogP contribution in [0.1, 0.15) is 40.8 Å². The maximum atomic E-state index is 5.79. The molecule has 1 atom stereocenters. The quantitative estimate of drug-likeness (QED) is 0.622. The lowest BCUT2D eigenvalue weighted by Gasteiger charge is -2.19. The molecule has 2 aromatic carbocycles. The monoisotopic (exact) mass is 346 g/mol. The lowest BCUT2D eigenvalue weighted by Crippen LogP contribution is -2.29. The number of nitrogens with two attached hydrogens (primary N) is 1. The minimum atomic E-state index is 0.128. The van der Waals surface area contributed by atoms with Gasteiger partial charge in [0.15, 0.2) is 0 Å². The number of rotatable bonds is 5. The molecule has 0 aromatic heterocycles. The zero-order chi connectivity index (χ0) is 15.4. The Morgan fingerprint density at radius 3 is 2.05 bits per heavy atom. The number of hydrogen-bond acceptors (Lipinski definition) is 2. The van der Waals surface area contributed by atoms with Crippen molar-refractivity contribution in [2.75, 3.05) is 0 Å². The van der Waals surface area contributed by atoms with E-state index < -0.39 is 0 Å². The van der Waals surface area contributed by atoms with Gasteiger partial charge in [-0.1, -0.05) is 59.3 Å². The fourth-order valence-electron chi connectivity index (χ4n) is 2.60. The molecule has 0 amide bonds. The van der Waals surface area contributed by atoms with Gasteiger partial charge in [-0.2, -0.15) is 0 Å². The predicted molar refractivity (Wildman–Crippen MR) is 93.2 cm³/mol. The van der Waals surface area contributed by atoms with E-state index in [1.54, 1.807) is 0 Å². The van der Waals surface area contributed by atoms with E-state index in [-0.39, 0.29) is 6.04 Å². The molecule has 0 saturated heterocycles. The van der Waals surface area contributed by atoms with Gasteiger partial charge in [0.2, 0.25) is 0 Å². The van der Waals surface area contributed by atoms with Crippen LogP contribution >= 0.6 is 15.9 Å². The van der Waals surface area contributed by atoms with Gasteiger partial charge in [-0.25, -0.2) is 0 Å². The lowest BCUT2D eigenvalue weighted by atomic mass is 9.96. The molecule has 0 heterocycles. The maximum absolute atomic E-state index is 5.79. The van der Waals surface area contributed by atoms with Gasteiger partial charge in [-0.15, -0.1) is 0 Å². The van der Waals surface area contributed by atoms with E-state index in [1.165, 1.54) is 32.3 Å². The zero-order valence-corrected chi connectivity index (χ0v) is 14.5. The normalized spacial score (nSPS) is 12.4. The van der Waals surface area contributed by atoms with Gasteiger partial charge in [0.25, 0.3) is 0 Å². The standard InChI is InChI=1S/C18H23BrN2/c1-4-14-5-7-15(8-6-14)11-17(21-20)16-9-12(2)18(19)13(3)10-16/h5-10,17,21H,4,11,20H2,1-3H3. The van der Waals surface area contributed by atoms with Crippen molar-refractivity contribution in [3.8, 4) is 0 Å². The van der Waals surface area contributed by atoms with Gasteiger partial charge in [0, 0.05) is 10.5 Å². The highest BCUT2D eigenvalue weighted by Gasteiger charge is 2.13. The summed E-state index contributed by atoms with van der Waals surface area (Å²) in [5, 5.41) is 0. The van der Waals surface area contributed by atoms with E-state index in [0.717, 1.165) is 12.8 Å². The second kappa shape index (κ2) is 7.21. The highest BCUT2D eigenvalue weighted by Crippen LogP contribution is 2.27. The first-order valence-corrected chi connectivity index (χ1v) is 8.15. The summed E-state index contributed by atoms with van der Waals surface area (Å²) < 4.78 is 1.18. The van der Waals surface area contributed by atoms with E-state index in [2.05, 4.69) is 78.5 Å². The van der Waals surface area contributed by atoms with E-state index in [4.69, 9.17) is 5.84 Å². The highest BCUT2D eigenvalue weighted by atomic mass is 79.9. The molecule has 3 heteroatoms. The first-order valence-electron chi connectivity index (χ1n) is 7.35. The van der Waals surface area contributed by atoms with Crippen LogP contribution in [0.5, 0.6) is 0 Å². The van der Waals surface area contributed by atoms with Crippen molar-refractivity contribution in [1.82, 2.24) is 5.43 Å². The molecular formula is C18H23BrN2. The lowest BCUT2D eigenvalue weighted by molar-refractivity contribution is 0.551. The number of hydrazine groups is 1. The Morgan fingerprint density at radius 1 is 1.05 bits per heavy atom. The predicted octanol–water partition coefficient (Wildman–Crippen LogP) is 4.38. The number of nitrogens with one attached hydrogen (secondary N) is 1. The molecule has 0 aliphatic heterocycles. The third kappa shape index (κ3) is 3.94. The first kappa shape index (κ1) is 16.2. The second-order valence-electron chi connectivity index (χ2n) is 5.56. The maximum Gasteiger partial charge on any atom is 0.0500 e. The topological polar surface area (TPSA) is 38.0 Å². The SMILES string of the molecule is CCc1ccc(CC(NN)c2cc(C)c(Br)c(C)c2)cc1. The summed E-state index contributed by atoms with van der Waals surface area (Å²) in [6, 6.07) is 13.3. The average Bonchev–Trinajstić information content (AvgIpc) is 2.50. The first-order chi connectivity index (χ1) is 10.0. The molecule has 112 valence electrons. The molecule has 2 aromatic rings. The Bertz CT molecular complexity index is 582. The van der Waals surface area contributed by atoms with Crippen LogP contribution in [0, 0.1) is 13.8 Å². The summed E-state index contributed by atoms with van der Waals surface area (Å²) in [6.07, 6.45) is 1.96. The molecule has 0 aliphatic carbocycles. The Balaban J connectivity index is 2.23. The smallest absolute Gasteiger partial charge is 0.0500 e. The van der Waals surface area contributed by atoms with Crippen molar-refractivity contribution in [3.05, 3.63) is 68.7 Å². The van der Waals surface area contributed by atoms with Gasteiger partial charge in [-0.3, -0.25) is 11.3 Å². The van der Waals surface area contributed by atoms with E-state index in [0.29, 0.717) is 0 Å². The van der Waals surface area contributed by atoms with Gasteiger partial charge in [0.1, 0.15) is 0 Å². The van der Waals surface area contributed by atoms with Crippen LogP contribution in [-0.4, -0.2) is 0 Å². The van der Waals surface area contributed by atoms with E-state index in [1.807, 2.05) is 0 Å². The van der Waals surface area contributed by atoms with Crippen molar-refractivity contribution in [1.29, 1.82) is 0 Å². The summed E-state index contributed by atoms with van der Waals surface area (Å²) in [5.41, 5.74) is 9.34. The van der Waals surface area contributed by atoms with Crippen LogP contribution < -0.4 is 11.3 Å². The minimum Gasteiger partial charge on any atom is -0.271 e. The van der Waals surface area contributed by atoms with Gasteiger partial charge in [0.05, 0.1) is 0 Å². The minimum absolute atomic E-state index is 0.128. The molecule has 1 unspecified atom stereocenters. The van der Waals surface area contributed by atoms with Crippen molar-refractivity contribution >= 4 is 15.9 Å². The molecule has 0 spiro atoms. The molecule has 0 aliphatic rings. The fraction of sp³-hybridized carbons (Fsp3) is 0.333. The van der Waals surface area contributed by atoms with Gasteiger partial charge >= 0.3 is 0 Å². The third-order valence-corrected chi connectivity index (χ3v) is 5.18. The van der Waals surface area contributed by atoms with Crippen LogP contribution in [-0.2, 0) is 12.8 Å². The largest absolute Gasteiger partial charge is 0.271 e. The molecule has 21 heavy (non-hydrogen) atoms. The molecule has 2 rings (SSSR count). The van der Waals surface area contributed by atoms with E-state index >= 15 is 0 Å². The number of halogens is 1. The summed E-state index contributed by atoms with van der Waals surface area (Å²) >= 11 is 3.62. The Morgan fingerprint density at radius 2 is 1.57 bits per heavy atom. The van der Waals surface area contributed by atoms with Gasteiger partial charge in [-0.05, 0) is 54.5 Å². The van der Waals surface area contributed by atoms with Crippen LogP contribution in [0.2, 0.25) is 0 Å². The number of hydrogen-bond donors (Lipinski definition) is 2. The number of benzene rings is 2. The highest BCUT2D eigenvalue weighted by molar-refractivity contribution is 9.10. The van der Waals surface area contributed by atoms with E-state index in [9.17, 15) is 0 Å². The summed E-state index contributed by atoms with van der Waals surface area (Å²) in [5.74, 6) is 5.79. The molecular weight excluding hydrogens is 324 g/mol. The van der Waals surface area contributed by atoms with Crippen LogP contribution in [0.15, 0.2) is 40.9 Å². The summed E-state index contributed by atoms with van der Waals surface area (Å²) in [6.45, 7) is 6.40. The second-order valence-corrected chi connectivity index (χ2v) is 6.36. The fourth-order valence-corrected chi connectivity index (χ4v) is 2.83. The molecule has 0 fully saturated rings. The summed E-state index contributed by atoms with van der Waals surface area (Å²) in [4.78, 5) is 0. The number of aryl methyl sites for hydroxylation is 3. The molecule has 3 N–H and O–H groups in total. The molecule has 0 saturated carbocycles. The van der Waals surface area contributed by atoms with Gasteiger partial charge < -0.3 is 0 Å². The van der Waals surface area contributed by atoms with Crippen LogP contribution in [0.4, 0.5) is 0 Å². The molecule has 0 bridgehead atoms. The van der Waals surface area contributed by atoms with Crippen LogP contribution in [0.3, 0.4) is 0 Å². The molecule has 2 nitrogen and oxygen atoms in total. The molecule has 0 radical (unpaired) electrons. The summed E-state index contributed by atoms with van der Waals surface area (Å²) in [7, 11) is 0. The third-order valence-electron chi connectivity index (χ3n) is 3.93. The Hall–Kier alpha value is -1.16. The van der Waals surface area contributed by atoms with Crippen LogP contribution in [0.25, 0.3) is 0 Å². The van der Waals surface area contributed by atoms with Crippen molar-refractivity contribution < 1.29 is 0 Å². The zero-order valence-electron chi connectivity index (χ0n) is 12.9.